The Hall–Kier alpha value is -0.850. The minimum Gasteiger partial charge on any atom is -0.302 e. The number of hydrogen-bond donors (Lipinski definition) is 0. The lowest BCUT2D eigenvalue weighted by Gasteiger charge is -2.22. The molecule has 2 rings (SSSR count). The highest BCUT2D eigenvalue weighted by Crippen LogP contribution is 2.49. The second kappa shape index (κ2) is 5.20. The van der Waals surface area contributed by atoms with Gasteiger partial charge in [0.05, 0.1) is 6.07 Å². The van der Waals surface area contributed by atoms with Gasteiger partial charge in [-0.05, 0) is 43.0 Å². The largest absolute Gasteiger partial charge is 0.302 e. The zero-order valence-corrected chi connectivity index (χ0v) is 11.7. The van der Waals surface area contributed by atoms with E-state index >= 15 is 0 Å². The van der Waals surface area contributed by atoms with E-state index in [0.717, 1.165) is 17.6 Å². The van der Waals surface area contributed by atoms with Crippen LogP contribution in [0.4, 0.5) is 0 Å². The first-order valence-electron chi connectivity index (χ1n) is 5.93. The molecule has 2 nitrogen and oxygen atoms in total. The lowest BCUT2D eigenvalue weighted by atomic mass is 10.0. The van der Waals surface area contributed by atoms with E-state index in [2.05, 4.69) is 52.1 Å². The van der Waals surface area contributed by atoms with Crippen molar-refractivity contribution in [3.8, 4) is 6.07 Å². The van der Waals surface area contributed by atoms with Crippen molar-refractivity contribution in [2.75, 3.05) is 13.6 Å². The van der Waals surface area contributed by atoms with E-state index < -0.39 is 0 Å². The fraction of sp³-hybridized carbons (Fsp3) is 0.500. The molecule has 1 fully saturated rings. The van der Waals surface area contributed by atoms with Gasteiger partial charge in [0.15, 0.2) is 0 Å². The molecule has 0 N–H and O–H groups in total. The third kappa shape index (κ3) is 3.55. The van der Waals surface area contributed by atoms with Crippen LogP contribution in [-0.2, 0) is 6.54 Å². The highest BCUT2D eigenvalue weighted by atomic mass is 79.9. The Bertz CT molecular complexity index is 432. The van der Waals surface area contributed by atoms with E-state index in [0.29, 0.717) is 11.8 Å². The molecule has 0 amide bonds. The van der Waals surface area contributed by atoms with Crippen LogP contribution in [0.3, 0.4) is 0 Å². The minimum atomic E-state index is 0.301. The van der Waals surface area contributed by atoms with Gasteiger partial charge in [-0.1, -0.05) is 28.1 Å². The van der Waals surface area contributed by atoms with Crippen LogP contribution < -0.4 is 0 Å². The molecule has 17 heavy (non-hydrogen) atoms. The topological polar surface area (TPSA) is 27.0 Å². The Kier molecular flexibility index (Phi) is 3.86. The van der Waals surface area contributed by atoms with Crippen molar-refractivity contribution in [3.63, 3.8) is 0 Å². The number of hydrogen-bond acceptors (Lipinski definition) is 2. The quantitative estimate of drug-likeness (QED) is 0.829. The Morgan fingerprint density at radius 3 is 2.82 bits per heavy atom. The van der Waals surface area contributed by atoms with E-state index in [4.69, 9.17) is 5.26 Å². The van der Waals surface area contributed by atoms with E-state index in [1.54, 1.807) is 0 Å². The van der Waals surface area contributed by atoms with Crippen molar-refractivity contribution in [2.45, 2.75) is 25.8 Å². The Morgan fingerprint density at radius 1 is 1.47 bits per heavy atom. The molecule has 1 aliphatic carbocycles. The van der Waals surface area contributed by atoms with Crippen LogP contribution in [0.2, 0.25) is 0 Å². The molecule has 1 aromatic carbocycles. The van der Waals surface area contributed by atoms with Crippen LogP contribution in [0.5, 0.6) is 0 Å². The van der Waals surface area contributed by atoms with Crippen LogP contribution >= 0.6 is 15.9 Å². The summed E-state index contributed by atoms with van der Waals surface area (Å²) in [5.41, 5.74) is 1.62. The highest BCUT2D eigenvalue weighted by molar-refractivity contribution is 9.10. The molecular weight excluding hydrogens is 276 g/mol. The normalized spacial score (nSPS) is 16.8. The Balaban J connectivity index is 1.90. The average Bonchev–Trinajstić information content (AvgIpc) is 2.97. The number of benzene rings is 1. The molecule has 90 valence electrons. The number of nitriles is 1. The predicted octanol–water partition coefficient (Wildman–Crippen LogP) is 3.57. The summed E-state index contributed by atoms with van der Waals surface area (Å²) < 4.78 is 1.13. The third-order valence-electron chi connectivity index (χ3n) is 3.36. The van der Waals surface area contributed by atoms with Crippen molar-refractivity contribution < 1.29 is 0 Å². The molecule has 0 spiro atoms. The average molecular weight is 293 g/mol. The monoisotopic (exact) mass is 292 g/mol. The molecule has 3 heteroatoms. The first-order chi connectivity index (χ1) is 8.13. The summed E-state index contributed by atoms with van der Waals surface area (Å²) in [6.45, 7) is 1.99. The van der Waals surface area contributed by atoms with Gasteiger partial charge in [-0.2, -0.15) is 5.26 Å². The van der Waals surface area contributed by atoms with Gasteiger partial charge in [0, 0.05) is 24.0 Å². The summed E-state index contributed by atoms with van der Waals surface area (Å²) in [4.78, 5) is 2.33. The van der Waals surface area contributed by atoms with Crippen molar-refractivity contribution in [2.24, 2.45) is 5.41 Å². The first-order valence-corrected chi connectivity index (χ1v) is 6.73. The van der Waals surface area contributed by atoms with Crippen molar-refractivity contribution in [1.29, 1.82) is 5.26 Å². The van der Waals surface area contributed by atoms with Gasteiger partial charge in [0.1, 0.15) is 0 Å². The van der Waals surface area contributed by atoms with E-state index in [1.807, 2.05) is 6.07 Å². The predicted molar refractivity (Wildman–Crippen MR) is 72.4 cm³/mol. The maximum atomic E-state index is 8.81. The van der Waals surface area contributed by atoms with Gasteiger partial charge < -0.3 is 4.90 Å². The maximum absolute atomic E-state index is 8.81. The molecule has 0 heterocycles. The molecule has 1 saturated carbocycles. The van der Waals surface area contributed by atoms with Crippen LogP contribution in [-0.4, -0.2) is 18.5 Å². The van der Waals surface area contributed by atoms with Crippen molar-refractivity contribution in [1.82, 2.24) is 4.90 Å². The molecular formula is C14H17BrN2. The Labute approximate surface area is 111 Å². The SMILES string of the molecule is CN(Cc1cccc(Br)c1)CC1(CC#N)CC1. The lowest BCUT2D eigenvalue weighted by molar-refractivity contribution is 0.257. The van der Waals surface area contributed by atoms with E-state index in [9.17, 15) is 0 Å². The molecule has 0 radical (unpaired) electrons. The molecule has 0 unspecified atom stereocenters. The smallest absolute Gasteiger partial charge is 0.0628 e. The molecule has 0 bridgehead atoms. The van der Waals surface area contributed by atoms with Gasteiger partial charge in [-0.25, -0.2) is 0 Å². The van der Waals surface area contributed by atoms with Gasteiger partial charge in [0.2, 0.25) is 0 Å². The zero-order chi connectivity index (χ0) is 12.3. The number of rotatable bonds is 5. The van der Waals surface area contributed by atoms with Gasteiger partial charge >= 0.3 is 0 Å². The zero-order valence-electron chi connectivity index (χ0n) is 10.1. The van der Waals surface area contributed by atoms with E-state index in [-0.39, 0.29) is 0 Å². The molecule has 0 saturated heterocycles. The second-order valence-corrected chi connectivity index (χ2v) is 6.05. The standard InChI is InChI=1S/C14H17BrN2/c1-17(11-14(5-6-14)7-8-16)10-12-3-2-4-13(15)9-12/h2-4,9H,5-7,10-11H2,1H3. The van der Waals surface area contributed by atoms with Crippen molar-refractivity contribution >= 4 is 15.9 Å². The maximum Gasteiger partial charge on any atom is 0.0628 e. The van der Waals surface area contributed by atoms with Crippen LogP contribution in [0.25, 0.3) is 0 Å². The fourth-order valence-electron chi connectivity index (χ4n) is 2.31. The summed E-state index contributed by atoms with van der Waals surface area (Å²) in [7, 11) is 2.14. The Morgan fingerprint density at radius 2 is 2.24 bits per heavy atom. The second-order valence-electron chi connectivity index (χ2n) is 5.14. The summed E-state index contributed by atoms with van der Waals surface area (Å²) in [5.74, 6) is 0. The molecule has 0 aromatic heterocycles. The first kappa shape index (κ1) is 12.6. The number of halogens is 1. The van der Waals surface area contributed by atoms with E-state index in [1.165, 1.54) is 18.4 Å². The summed E-state index contributed by atoms with van der Waals surface area (Å²) in [6, 6.07) is 10.7. The van der Waals surface area contributed by atoms with Crippen LogP contribution in [0.1, 0.15) is 24.8 Å². The van der Waals surface area contributed by atoms with Gasteiger partial charge in [0.25, 0.3) is 0 Å². The van der Waals surface area contributed by atoms with Gasteiger partial charge in [-0.3, -0.25) is 0 Å². The molecule has 0 aliphatic heterocycles. The van der Waals surface area contributed by atoms with Crippen molar-refractivity contribution in [3.05, 3.63) is 34.3 Å². The molecule has 0 atom stereocenters. The lowest BCUT2D eigenvalue weighted by Crippen LogP contribution is -2.26. The molecule has 1 aromatic rings. The molecule has 1 aliphatic rings. The summed E-state index contributed by atoms with van der Waals surface area (Å²) in [6.07, 6.45) is 3.13. The number of nitrogens with zero attached hydrogens (tertiary/aromatic N) is 2. The van der Waals surface area contributed by atoms with Crippen LogP contribution in [0, 0.1) is 16.7 Å². The fourth-order valence-corrected chi connectivity index (χ4v) is 2.76. The minimum absolute atomic E-state index is 0.301. The summed E-state index contributed by atoms with van der Waals surface area (Å²) in [5, 5.41) is 8.81. The van der Waals surface area contributed by atoms with Crippen LogP contribution in [0.15, 0.2) is 28.7 Å². The highest BCUT2D eigenvalue weighted by Gasteiger charge is 2.42. The third-order valence-corrected chi connectivity index (χ3v) is 3.85. The van der Waals surface area contributed by atoms with Gasteiger partial charge in [-0.15, -0.1) is 0 Å². The summed E-state index contributed by atoms with van der Waals surface area (Å²) >= 11 is 3.49.